The molecule has 5 heteroatoms. The zero-order valence-corrected chi connectivity index (χ0v) is 12.2. The number of para-hydroxylation sites is 1. The molecule has 5 nitrogen and oxygen atoms in total. The molecule has 2 rings (SSSR count). The van der Waals surface area contributed by atoms with E-state index in [1.165, 1.54) is 6.26 Å². The molecule has 0 radical (unpaired) electrons. The van der Waals surface area contributed by atoms with Crippen molar-refractivity contribution >= 4 is 11.6 Å². The van der Waals surface area contributed by atoms with Crippen molar-refractivity contribution in [2.24, 2.45) is 0 Å². The number of benzene rings is 1. The van der Waals surface area contributed by atoms with E-state index in [4.69, 9.17) is 4.42 Å². The highest BCUT2D eigenvalue weighted by Crippen LogP contribution is 2.18. The van der Waals surface area contributed by atoms with Crippen LogP contribution in [0, 0.1) is 13.8 Å². The predicted octanol–water partition coefficient (Wildman–Crippen LogP) is 2.16. The second-order valence-corrected chi connectivity index (χ2v) is 4.96. The van der Waals surface area contributed by atoms with Gasteiger partial charge in [0.1, 0.15) is 11.9 Å². The third-order valence-electron chi connectivity index (χ3n) is 3.27. The van der Waals surface area contributed by atoms with E-state index in [2.05, 4.69) is 10.6 Å². The van der Waals surface area contributed by atoms with Crippen molar-refractivity contribution in [3.8, 4) is 0 Å². The number of carbonyl (C=O) groups is 1. The summed E-state index contributed by atoms with van der Waals surface area (Å²) in [6, 6.07) is 9.34. The fraction of sp³-hybridized carbons (Fsp3) is 0.312. The number of nitrogens with one attached hydrogen (secondary N) is 2. The number of furan rings is 1. The zero-order chi connectivity index (χ0) is 15.2. The van der Waals surface area contributed by atoms with E-state index < -0.39 is 6.10 Å². The fourth-order valence-corrected chi connectivity index (χ4v) is 2.12. The van der Waals surface area contributed by atoms with Crippen LogP contribution in [0.4, 0.5) is 5.69 Å². The first-order chi connectivity index (χ1) is 10.1. The molecule has 1 unspecified atom stereocenters. The molecule has 0 saturated carbocycles. The van der Waals surface area contributed by atoms with Gasteiger partial charge < -0.3 is 20.2 Å². The largest absolute Gasteiger partial charge is 0.467 e. The van der Waals surface area contributed by atoms with Crippen molar-refractivity contribution in [2.75, 3.05) is 18.4 Å². The number of amides is 1. The Morgan fingerprint density at radius 3 is 2.57 bits per heavy atom. The topological polar surface area (TPSA) is 74.5 Å². The lowest BCUT2D eigenvalue weighted by Crippen LogP contribution is -2.33. The van der Waals surface area contributed by atoms with Crippen LogP contribution < -0.4 is 10.6 Å². The Morgan fingerprint density at radius 2 is 1.95 bits per heavy atom. The lowest BCUT2D eigenvalue weighted by molar-refractivity contribution is -0.119. The molecule has 1 aromatic carbocycles. The number of aliphatic hydroxyl groups is 1. The van der Waals surface area contributed by atoms with Gasteiger partial charge in [0.2, 0.25) is 5.91 Å². The van der Waals surface area contributed by atoms with E-state index in [1.807, 2.05) is 32.0 Å². The van der Waals surface area contributed by atoms with Gasteiger partial charge in [0.05, 0.1) is 19.4 Å². The van der Waals surface area contributed by atoms with Crippen LogP contribution in [-0.2, 0) is 4.79 Å². The molecule has 0 spiro atoms. The average Bonchev–Trinajstić information content (AvgIpc) is 2.98. The maximum absolute atomic E-state index is 11.8. The van der Waals surface area contributed by atoms with Gasteiger partial charge in [0.15, 0.2) is 0 Å². The van der Waals surface area contributed by atoms with E-state index in [1.54, 1.807) is 12.1 Å². The average molecular weight is 288 g/mol. The quantitative estimate of drug-likeness (QED) is 0.761. The van der Waals surface area contributed by atoms with E-state index in [-0.39, 0.29) is 19.0 Å². The number of anilines is 1. The van der Waals surface area contributed by atoms with Gasteiger partial charge in [0, 0.05) is 5.69 Å². The Bertz CT molecular complexity index is 573. The number of hydrogen-bond donors (Lipinski definition) is 3. The maximum atomic E-state index is 11.8. The van der Waals surface area contributed by atoms with Crippen molar-refractivity contribution < 1.29 is 14.3 Å². The maximum Gasteiger partial charge on any atom is 0.239 e. The zero-order valence-electron chi connectivity index (χ0n) is 12.2. The highest BCUT2D eigenvalue weighted by Gasteiger charge is 2.12. The lowest BCUT2D eigenvalue weighted by atomic mass is 10.1. The third kappa shape index (κ3) is 4.10. The number of aliphatic hydroxyl groups excluding tert-OH is 1. The van der Waals surface area contributed by atoms with E-state index in [0.717, 1.165) is 16.8 Å². The predicted molar refractivity (Wildman–Crippen MR) is 81.1 cm³/mol. The molecule has 0 aliphatic heterocycles. The van der Waals surface area contributed by atoms with Crippen molar-refractivity contribution in [3.05, 3.63) is 53.5 Å². The summed E-state index contributed by atoms with van der Waals surface area (Å²) in [5.41, 5.74) is 3.16. The van der Waals surface area contributed by atoms with Crippen LogP contribution in [0.1, 0.15) is 23.0 Å². The second-order valence-electron chi connectivity index (χ2n) is 4.96. The lowest BCUT2D eigenvalue weighted by Gasteiger charge is -2.13. The first-order valence-corrected chi connectivity index (χ1v) is 6.86. The number of carbonyl (C=O) groups excluding carboxylic acids is 1. The Morgan fingerprint density at radius 1 is 1.24 bits per heavy atom. The molecule has 2 aromatic rings. The minimum Gasteiger partial charge on any atom is -0.467 e. The molecule has 1 atom stereocenters. The first-order valence-electron chi connectivity index (χ1n) is 6.86. The Labute approximate surface area is 124 Å². The summed E-state index contributed by atoms with van der Waals surface area (Å²) >= 11 is 0. The smallest absolute Gasteiger partial charge is 0.239 e. The normalized spacial score (nSPS) is 12.0. The number of rotatable bonds is 6. The van der Waals surface area contributed by atoms with Crippen molar-refractivity contribution in [3.63, 3.8) is 0 Å². The van der Waals surface area contributed by atoms with Crippen molar-refractivity contribution in [1.82, 2.24) is 5.32 Å². The highest BCUT2D eigenvalue weighted by molar-refractivity contribution is 5.81. The molecule has 21 heavy (non-hydrogen) atoms. The van der Waals surface area contributed by atoms with Gasteiger partial charge in [-0.3, -0.25) is 4.79 Å². The van der Waals surface area contributed by atoms with Gasteiger partial charge in [-0.1, -0.05) is 18.2 Å². The fourth-order valence-electron chi connectivity index (χ4n) is 2.12. The molecule has 1 amide bonds. The molecule has 0 aliphatic carbocycles. The van der Waals surface area contributed by atoms with E-state index >= 15 is 0 Å². The van der Waals surface area contributed by atoms with Crippen LogP contribution in [0.3, 0.4) is 0 Å². The van der Waals surface area contributed by atoms with Gasteiger partial charge in [-0.2, -0.15) is 0 Å². The Hall–Kier alpha value is -2.27. The molecule has 0 saturated heterocycles. The highest BCUT2D eigenvalue weighted by atomic mass is 16.4. The minimum absolute atomic E-state index is 0.126. The molecule has 0 fully saturated rings. The molecule has 1 heterocycles. The van der Waals surface area contributed by atoms with Crippen LogP contribution in [0.25, 0.3) is 0 Å². The third-order valence-corrected chi connectivity index (χ3v) is 3.27. The summed E-state index contributed by atoms with van der Waals surface area (Å²) in [6.45, 7) is 4.28. The first kappa shape index (κ1) is 15.1. The van der Waals surface area contributed by atoms with Crippen LogP contribution in [-0.4, -0.2) is 24.1 Å². The SMILES string of the molecule is Cc1cccc(C)c1NCC(=O)NCC(O)c1ccco1. The van der Waals surface area contributed by atoms with Crippen LogP contribution in [0.2, 0.25) is 0 Å². The van der Waals surface area contributed by atoms with Crippen molar-refractivity contribution in [2.45, 2.75) is 20.0 Å². The van der Waals surface area contributed by atoms with Gasteiger partial charge in [-0.25, -0.2) is 0 Å². The van der Waals surface area contributed by atoms with Gasteiger partial charge in [-0.05, 0) is 37.1 Å². The molecular weight excluding hydrogens is 268 g/mol. The summed E-state index contributed by atoms with van der Waals surface area (Å²) in [6.07, 6.45) is 0.659. The van der Waals surface area contributed by atoms with Crippen LogP contribution >= 0.6 is 0 Å². The summed E-state index contributed by atoms with van der Waals surface area (Å²) in [4.78, 5) is 11.8. The monoisotopic (exact) mass is 288 g/mol. The molecule has 112 valence electrons. The summed E-state index contributed by atoms with van der Waals surface area (Å²) in [5, 5.41) is 15.6. The minimum atomic E-state index is -0.829. The van der Waals surface area contributed by atoms with E-state index in [9.17, 15) is 9.90 Å². The number of hydrogen-bond acceptors (Lipinski definition) is 4. The summed E-state index contributed by atoms with van der Waals surface area (Å²) < 4.78 is 5.07. The number of aryl methyl sites for hydroxylation is 2. The summed E-state index contributed by atoms with van der Waals surface area (Å²) in [7, 11) is 0. The van der Waals surface area contributed by atoms with Crippen molar-refractivity contribution in [1.29, 1.82) is 0 Å². The Kier molecular flexibility index (Phi) is 5.00. The molecule has 3 N–H and O–H groups in total. The summed E-state index contributed by atoms with van der Waals surface area (Å²) in [5.74, 6) is 0.265. The molecular formula is C16H20N2O3. The van der Waals surface area contributed by atoms with Gasteiger partial charge in [-0.15, -0.1) is 0 Å². The van der Waals surface area contributed by atoms with E-state index in [0.29, 0.717) is 5.76 Å². The van der Waals surface area contributed by atoms with Gasteiger partial charge in [0.25, 0.3) is 0 Å². The molecule has 1 aromatic heterocycles. The van der Waals surface area contributed by atoms with Gasteiger partial charge >= 0.3 is 0 Å². The van der Waals surface area contributed by atoms with Crippen LogP contribution in [0.5, 0.6) is 0 Å². The van der Waals surface area contributed by atoms with Crippen LogP contribution in [0.15, 0.2) is 41.0 Å². The standard InChI is InChI=1S/C16H20N2O3/c1-11-5-3-6-12(2)16(11)18-10-15(20)17-9-13(19)14-7-4-8-21-14/h3-8,13,18-19H,9-10H2,1-2H3,(H,17,20). The second kappa shape index (κ2) is 6.95. The molecule has 0 aliphatic rings. The molecule has 0 bridgehead atoms. The Balaban J connectivity index is 1.80.